The fourth-order valence-corrected chi connectivity index (χ4v) is 1.27. The Hall–Kier alpha value is -1.32. The number of carbonyl (C=O) groups is 1. The lowest BCUT2D eigenvalue weighted by molar-refractivity contribution is 0.0691. The van der Waals surface area contributed by atoms with E-state index in [1.54, 1.807) is 0 Å². The van der Waals surface area contributed by atoms with Crippen molar-refractivity contribution in [2.75, 3.05) is 0 Å². The molecule has 2 N–H and O–H groups in total. The molecule has 0 aliphatic rings. The highest BCUT2D eigenvalue weighted by Crippen LogP contribution is 2.16. The molecule has 0 amide bonds. The van der Waals surface area contributed by atoms with Gasteiger partial charge in [-0.25, -0.2) is 9.78 Å². The summed E-state index contributed by atoms with van der Waals surface area (Å²) in [6, 6.07) is 0. The van der Waals surface area contributed by atoms with Crippen LogP contribution in [0.15, 0.2) is 6.20 Å². The standard InChI is InChI=1S/C9H14N2O2/c1-3-4-6(2)8-10-5-7(11-8)9(12)13/h5-6H,3-4H2,1-2H3,(H,10,11)(H,12,13). The summed E-state index contributed by atoms with van der Waals surface area (Å²) in [6.07, 6.45) is 3.46. The average Bonchev–Trinajstić information content (AvgIpc) is 2.52. The summed E-state index contributed by atoms with van der Waals surface area (Å²) in [5.74, 6) is 0.111. The Bertz CT molecular complexity index is 294. The minimum Gasteiger partial charge on any atom is -0.477 e. The van der Waals surface area contributed by atoms with Crippen LogP contribution in [0.4, 0.5) is 0 Å². The molecule has 0 aliphatic carbocycles. The fourth-order valence-electron chi connectivity index (χ4n) is 1.27. The van der Waals surface area contributed by atoms with E-state index < -0.39 is 5.97 Å². The van der Waals surface area contributed by atoms with Crippen LogP contribution in [0.3, 0.4) is 0 Å². The van der Waals surface area contributed by atoms with Crippen LogP contribution in [0.2, 0.25) is 0 Å². The van der Waals surface area contributed by atoms with Crippen LogP contribution in [-0.4, -0.2) is 21.0 Å². The van der Waals surface area contributed by atoms with Gasteiger partial charge in [-0.05, 0) is 6.42 Å². The maximum absolute atomic E-state index is 10.5. The number of H-pyrrole nitrogens is 1. The van der Waals surface area contributed by atoms with Crippen LogP contribution < -0.4 is 0 Å². The lowest BCUT2D eigenvalue weighted by Gasteiger charge is -2.04. The van der Waals surface area contributed by atoms with Gasteiger partial charge in [0.1, 0.15) is 11.5 Å². The molecule has 1 unspecified atom stereocenters. The second kappa shape index (κ2) is 4.07. The summed E-state index contributed by atoms with van der Waals surface area (Å²) >= 11 is 0. The smallest absolute Gasteiger partial charge is 0.353 e. The van der Waals surface area contributed by atoms with Gasteiger partial charge in [0.15, 0.2) is 0 Å². The highest BCUT2D eigenvalue weighted by atomic mass is 16.4. The van der Waals surface area contributed by atoms with Gasteiger partial charge in [-0.15, -0.1) is 0 Å². The van der Waals surface area contributed by atoms with Gasteiger partial charge in [0.25, 0.3) is 0 Å². The molecule has 0 spiro atoms. The first-order valence-corrected chi connectivity index (χ1v) is 4.43. The summed E-state index contributed by atoms with van der Waals surface area (Å²) in [5, 5.41) is 8.64. The molecular formula is C9H14N2O2. The molecule has 1 heterocycles. The van der Waals surface area contributed by atoms with Crippen LogP contribution >= 0.6 is 0 Å². The Morgan fingerprint density at radius 2 is 2.46 bits per heavy atom. The molecule has 0 saturated carbocycles. The van der Waals surface area contributed by atoms with Crippen molar-refractivity contribution in [2.45, 2.75) is 32.6 Å². The SMILES string of the molecule is CCCC(C)c1ncc(C(=O)O)[nH]1. The van der Waals surface area contributed by atoms with Crippen LogP contribution in [0.1, 0.15) is 48.9 Å². The third-order valence-corrected chi connectivity index (χ3v) is 2.01. The molecular weight excluding hydrogens is 168 g/mol. The number of nitrogens with zero attached hydrogens (tertiary/aromatic N) is 1. The Kier molecular flexibility index (Phi) is 3.06. The van der Waals surface area contributed by atoms with Gasteiger partial charge in [0, 0.05) is 5.92 Å². The first-order valence-electron chi connectivity index (χ1n) is 4.43. The van der Waals surface area contributed by atoms with Gasteiger partial charge in [-0.1, -0.05) is 20.3 Å². The summed E-state index contributed by atoms with van der Waals surface area (Å²) in [4.78, 5) is 17.3. The lowest BCUT2D eigenvalue weighted by atomic mass is 10.1. The second-order valence-electron chi connectivity index (χ2n) is 3.18. The number of aromatic amines is 1. The van der Waals surface area contributed by atoms with E-state index >= 15 is 0 Å². The highest BCUT2D eigenvalue weighted by molar-refractivity contribution is 5.85. The van der Waals surface area contributed by atoms with Gasteiger partial charge in [-0.2, -0.15) is 0 Å². The predicted molar refractivity (Wildman–Crippen MR) is 48.9 cm³/mol. The lowest BCUT2D eigenvalue weighted by Crippen LogP contribution is -1.99. The maximum Gasteiger partial charge on any atom is 0.353 e. The normalized spacial score (nSPS) is 12.8. The Labute approximate surface area is 77.0 Å². The first kappa shape index (κ1) is 9.77. The number of imidazole rings is 1. The summed E-state index contributed by atoms with van der Waals surface area (Å²) in [7, 11) is 0. The molecule has 1 rings (SSSR count). The molecule has 4 heteroatoms. The van der Waals surface area contributed by atoms with E-state index in [0.29, 0.717) is 5.92 Å². The van der Waals surface area contributed by atoms with Gasteiger partial charge >= 0.3 is 5.97 Å². The number of rotatable bonds is 4. The molecule has 0 aromatic carbocycles. The molecule has 0 radical (unpaired) electrons. The van der Waals surface area contributed by atoms with E-state index in [-0.39, 0.29) is 5.69 Å². The van der Waals surface area contributed by atoms with E-state index in [9.17, 15) is 4.79 Å². The molecule has 0 bridgehead atoms. The van der Waals surface area contributed by atoms with E-state index in [2.05, 4.69) is 16.9 Å². The Morgan fingerprint density at radius 3 is 2.92 bits per heavy atom. The van der Waals surface area contributed by atoms with Crippen LogP contribution in [-0.2, 0) is 0 Å². The first-order chi connectivity index (χ1) is 6.15. The van der Waals surface area contributed by atoms with Gasteiger partial charge < -0.3 is 10.1 Å². The van der Waals surface area contributed by atoms with Crippen molar-refractivity contribution < 1.29 is 9.90 Å². The van der Waals surface area contributed by atoms with E-state index in [1.807, 2.05) is 6.92 Å². The Balaban J connectivity index is 2.73. The number of carboxylic acid groups (broad SMARTS) is 1. The molecule has 4 nitrogen and oxygen atoms in total. The van der Waals surface area contributed by atoms with Crippen molar-refractivity contribution in [3.05, 3.63) is 17.7 Å². The monoisotopic (exact) mass is 182 g/mol. The van der Waals surface area contributed by atoms with Gasteiger partial charge in [0.2, 0.25) is 0 Å². The molecule has 1 atom stereocenters. The number of aromatic nitrogens is 2. The van der Waals surface area contributed by atoms with E-state index in [4.69, 9.17) is 5.11 Å². The molecule has 0 aliphatic heterocycles. The number of aromatic carboxylic acids is 1. The van der Waals surface area contributed by atoms with E-state index in [1.165, 1.54) is 6.20 Å². The van der Waals surface area contributed by atoms with E-state index in [0.717, 1.165) is 18.7 Å². The minimum atomic E-state index is -0.956. The number of nitrogens with one attached hydrogen (secondary N) is 1. The fraction of sp³-hybridized carbons (Fsp3) is 0.556. The van der Waals surface area contributed by atoms with Crippen LogP contribution in [0.25, 0.3) is 0 Å². The summed E-state index contributed by atoms with van der Waals surface area (Å²) < 4.78 is 0. The number of hydrogen-bond donors (Lipinski definition) is 2. The van der Waals surface area contributed by atoms with Crippen molar-refractivity contribution in [1.29, 1.82) is 0 Å². The zero-order valence-electron chi connectivity index (χ0n) is 7.87. The average molecular weight is 182 g/mol. The second-order valence-corrected chi connectivity index (χ2v) is 3.18. The maximum atomic E-state index is 10.5. The molecule has 1 aromatic rings. The summed E-state index contributed by atoms with van der Waals surface area (Å²) in [6.45, 7) is 4.13. The largest absolute Gasteiger partial charge is 0.477 e. The molecule has 0 fully saturated rings. The van der Waals surface area contributed by atoms with Crippen molar-refractivity contribution in [2.24, 2.45) is 0 Å². The topological polar surface area (TPSA) is 66.0 Å². The van der Waals surface area contributed by atoms with Crippen molar-refractivity contribution >= 4 is 5.97 Å². The van der Waals surface area contributed by atoms with Gasteiger partial charge in [-0.3, -0.25) is 0 Å². The molecule has 0 saturated heterocycles. The minimum absolute atomic E-state index is 0.165. The zero-order valence-corrected chi connectivity index (χ0v) is 7.87. The molecule has 72 valence electrons. The van der Waals surface area contributed by atoms with Crippen molar-refractivity contribution in [3.8, 4) is 0 Å². The third-order valence-electron chi connectivity index (χ3n) is 2.01. The summed E-state index contributed by atoms with van der Waals surface area (Å²) in [5.41, 5.74) is 0.165. The van der Waals surface area contributed by atoms with Crippen molar-refractivity contribution in [3.63, 3.8) is 0 Å². The highest BCUT2D eigenvalue weighted by Gasteiger charge is 2.11. The van der Waals surface area contributed by atoms with Crippen LogP contribution in [0, 0.1) is 0 Å². The van der Waals surface area contributed by atoms with Crippen molar-refractivity contribution in [1.82, 2.24) is 9.97 Å². The Morgan fingerprint density at radius 1 is 1.77 bits per heavy atom. The van der Waals surface area contributed by atoms with Crippen LogP contribution in [0.5, 0.6) is 0 Å². The molecule has 13 heavy (non-hydrogen) atoms. The van der Waals surface area contributed by atoms with Gasteiger partial charge in [0.05, 0.1) is 6.20 Å². The zero-order chi connectivity index (χ0) is 9.84. The quantitative estimate of drug-likeness (QED) is 0.748. The molecule has 1 aromatic heterocycles. The predicted octanol–water partition coefficient (Wildman–Crippen LogP) is 2.01. The third kappa shape index (κ3) is 2.31. The number of carboxylic acids is 1. The number of hydrogen-bond acceptors (Lipinski definition) is 2.